The van der Waals surface area contributed by atoms with Crippen molar-refractivity contribution in [1.82, 2.24) is 14.6 Å². The van der Waals surface area contributed by atoms with E-state index in [-0.39, 0.29) is 5.82 Å². The van der Waals surface area contributed by atoms with E-state index in [9.17, 15) is 4.39 Å². The number of nitrogens with zero attached hydrogens (tertiary/aromatic N) is 3. The van der Waals surface area contributed by atoms with Crippen LogP contribution in [0.25, 0.3) is 16.2 Å². The summed E-state index contributed by atoms with van der Waals surface area (Å²) in [6.45, 7) is 2.06. The second kappa shape index (κ2) is 3.92. The van der Waals surface area contributed by atoms with Crippen LogP contribution in [0.15, 0.2) is 30.5 Å². The fourth-order valence-corrected chi connectivity index (χ4v) is 2.49. The topological polar surface area (TPSA) is 30.2 Å². The number of hydrogen-bond acceptors (Lipinski definition) is 3. The van der Waals surface area contributed by atoms with Crippen LogP contribution in [0, 0.1) is 5.82 Å². The number of halogens is 1. The average Bonchev–Trinajstić information content (AvgIpc) is 2.86. The second-order valence-corrected chi connectivity index (χ2v) is 4.75. The Morgan fingerprint density at radius 3 is 3.00 bits per heavy atom. The second-order valence-electron chi connectivity index (χ2n) is 3.71. The van der Waals surface area contributed by atoms with E-state index >= 15 is 0 Å². The minimum atomic E-state index is -0.249. The van der Waals surface area contributed by atoms with Crippen molar-refractivity contribution in [3.8, 4) is 11.3 Å². The van der Waals surface area contributed by atoms with Gasteiger partial charge in [0, 0.05) is 5.56 Å². The Morgan fingerprint density at radius 1 is 1.41 bits per heavy atom. The number of aromatic nitrogens is 3. The molecule has 2 heterocycles. The number of benzene rings is 1. The number of rotatable bonds is 2. The third-order valence-corrected chi connectivity index (χ3v) is 3.57. The van der Waals surface area contributed by atoms with Crippen LogP contribution in [-0.2, 0) is 6.42 Å². The van der Waals surface area contributed by atoms with Crippen molar-refractivity contribution in [1.29, 1.82) is 0 Å². The third kappa shape index (κ3) is 1.82. The molecule has 3 aromatic rings. The standard InChI is InChI=1S/C12H10FN3S/c1-2-11-15-16-7-10(14-12(16)17-11)8-4-3-5-9(13)6-8/h3-7H,2H2,1H3. The van der Waals surface area contributed by atoms with Crippen LogP contribution >= 0.6 is 11.3 Å². The molecule has 0 radical (unpaired) electrons. The van der Waals surface area contributed by atoms with Gasteiger partial charge in [-0.25, -0.2) is 13.9 Å². The van der Waals surface area contributed by atoms with Crippen molar-refractivity contribution >= 4 is 16.3 Å². The van der Waals surface area contributed by atoms with Crippen molar-refractivity contribution in [2.45, 2.75) is 13.3 Å². The lowest BCUT2D eigenvalue weighted by atomic mass is 10.2. The summed E-state index contributed by atoms with van der Waals surface area (Å²) in [4.78, 5) is 5.29. The molecule has 0 fully saturated rings. The summed E-state index contributed by atoms with van der Waals surface area (Å²) in [5, 5.41) is 5.43. The zero-order valence-corrected chi connectivity index (χ0v) is 10.0. The summed E-state index contributed by atoms with van der Waals surface area (Å²) in [7, 11) is 0. The van der Waals surface area contributed by atoms with Gasteiger partial charge in [0.25, 0.3) is 0 Å². The molecule has 17 heavy (non-hydrogen) atoms. The largest absolute Gasteiger partial charge is 0.217 e. The van der Waals surface area contributed by atoms with Crippen LogP contribution < -0.4 is 0 Å². The van der Waals surface area contributed by atoms with Gasteiger partial charge in [0.2, 0.25) is 4.96 Å². The first-order valence-corrected chi connectivity index (χ1v) is 6.19. The molecule has 0 atom stereocenters. The van der Waals surface area contributed by atoms with Crippen LogP contribution in [0.2, 0.25) is 0 Å². The number of hydrogen-bond donors (Lipinski definition) is 0. The predicted molar refractivity (Wildman–Crippen MR) is 65.6 cm³/mol. The SMILES string of the molecule is CCc1nn2cc(-c3cccc(F)c3)nc2s1. The first-order chi connectivity index (χ1) is 8.26. The highest BCUT2D eigenvalue weighted by Crippen LogP contribution is 2.22. The lowest BCUT2D eigenvalue weighted by molar-refractivity contribution is 0.628. The van der Waals surface area contributed by atoms with Crippen LogP contribution in [0.5, 0.6) is 0 Å². The zero-order valence-electron chi connectivity index (χ0n) is 9.22. The lowest BCUT2D eigenvalue weighted by Gasteiger charge is -1.95. The summed E-state index contributed by atoms with van der Waals surface area (Å²) >= 11 is 1.56. The average molecular weight is 247 g/mol. The fraction of sp³-hybridized carbons (Fsp3) is 0.167. The number of fused-ring (bicyclic) bond motifs is 1. The molecule has 1 aromatic carbocycles. The van der Waals surface area contributed by atoms with Gasteiger partial charge >= 0.3 is 0 Å². The Bertz CT molecular complexity index is 640. The molecule has 0 bridgehead atoms. The monoisotopic (exact) mass is 247 g/mol. The molecule has 5 heteroatoms. The van der Waals surface area contributed by atoms with Crippen molar-refractivity contribution in [3.63, 3.8) is 0 Å². The van der Waals surface area contributed by atoms with Crippen LogP contribution in [-0.4, -0.2) is 14.6 Å². The Balaban J connectivity index is 2.09. The van der Waals surface area contributed by atoms with Gasteiger partial charge in [-0.15, -0.1) is 0 Å². The summed E-state index contributed by atoms with van der Waals surface area (Å²) in [6, 6.07) is 6.43. The summed E-state index contributed by atoms with van der Waals surface area (Å²) in [6.07, 6.45) is 2.74. The molecule has 3 nitrogen and oxygen atoms in total. The minimum Gasteiger partial charge on any atom is -0.217 e. The summed E-state index contributed by atoms with van der Waals surface area (Å²) < 4.78 is 14.9. The molecule has 0 spiro atoms. The normalized spacial score (nSPS) is 11.2. The first kappa shape index (κ1) is 10.4. The highest BCUT2D eigenvalue weighted by atomic mass is 32.1. The van der Waals surface area contributed by atoms with Gasteiger partial charge in [-0.2, -0.15) is 5.10 Å². The van der Waals surface area contributed by atoms with Crippen LogP contribution in [0.1, 0.15) is 11.9 Å². The number of aryl methyl sites for hydroxylation is 1. The molecular weight excluding hydrogens is 237 g/mol. The number of imidazole rings is 1. The Labute approximate surface area is 102 Å². The van der Waals surface area contributed by atoms with E-state index < -0.39 is 0 Å². The molecule has 0 saturated heterocycles. The van der Waals surface area contributed by atoms with Gasteiger partial charge in [0.15, 0.2) is 0 Å². The van der Waals surface area contributed by atoms with E-state index in [4.69, 9.17) is 0 Å². The van der Waals surface area contributed by atoms with Gasteiger partial charge in [-0.1, -0.05) is 30.4 Å². The van der Waals surface area contributed by atoms with E-state index in [1.807, 2.05) is 12.3 Å². The quantitative estimate of drug-likeness (QED) is 0.696. The van der Waals surface area contributed by atoms with Crippen molar-refractivity contribution in [3.05, 3.63) is 41.3 Å². The van der Waals surface area contributed by atoms with E-state index in [0.717, 1.165) is 27.6 Å². The first-order valence-electron chi connectivity index (χ1n) is 5.37. The van der Waals surface area contributed by atoms with Gasteiger partial charge in [-0.3, -0.25) is 0 Å². The highest BCUT2D eigenvalue weighted by molar-refractivity contribution is 7.16. The van der Waals surface area contributed by atoms with E-state index in [1.54, 1.807) is 21.9 Å². The van der Waals surface area contributed by atoms with Gasteiger partial charge in [0.1, 0.15) is 10.8 Å². The highest BCUT2D eigenvalue weighted by Gasteiger charge is 2.08. The minimum absolute atomic E-state index is 0.249. The summed E-state index contributed by atoms with van der Waals surface area (Å²) in [5.74, 6) is -0.249. The van der Waals surface area contributed by atoms with E-state index in [0.29, 0.717) is 0 Å². The Morgan fingerprint density at radius 2 is 2.29 bits per heavy atom. The maximum Gasteiger partial charge on any atom is 0.212 e. The molecule has 86 valence electrons. The molecule has 2 aromatic heterocycles. The molecule has 0 unspecified atom stereocenters. The maximum absolute atomic E-state index is 13.1. The molecule has 0 aliphatic rings. The zero-order chi connectivity index (χ0) is 11.8. The van der Waals surface area contributed by atoms with Gasteiger partial charge < -0.3 is 0 Å². The lowest BCUT2D eigenvalue weighted by Crippen LogP contribution is -1.83. The fourth-order valence-electron chi connectivity index (χ4n) is 1.67. The molecular formula is C12H10FN3S. The summed E-state index contributed by atoms with van der Waals surface area (Å²) in [5.41, 5.74) is 1.53. The van der Waals surface area contributed by atoms with E-state index in [2.05, 4.69) is 17.0 Å². The molecule has 0 N–H and O–H groups in total. The Hall–Kier alpha value is -1.75. The van der Waals surface area contributed by atoms with Gasteiger partial charge in [-0.05, 0) is 18.6 Å². The molecule has 3 rings (SSSR count). The smallest absolute Gasteiger partial charge is 0.212 e. The molecule has 0 aliphatic heterocycles. The van der Waals surface area contributed by atoms with Crippen LogP contribution in [0.3, 0.4) is 0 Å². The van der Waals surface area contributed by atoms with Crippen molar-refractivity contribution in [2.24, 2.45) is 0 Å². The third-order valence-electron chi connectivity index (χ3n) is 2.51. The molecule has 0 amide bonds. The van der Waals surface area contributed by atoms with Gasteiger partial charge in [0.05, 0.1) is 11.9 Å². The van der Waals surface area contributed by atoms with Crippen LogP contribution in [0.4, 0.5) is 4.39 Å². The Kier molecular flexibility index (Phi) is 2.40. The van der Waals surface area contributed by atoms with Crippen molar-refractivity contribution in [2.75, 3.05) is 0 Å². The van der Waals surface area contributed by atoms with Crippen molar-refractivity contribution < 1.29 is 4.39 Å². The molecule has 0 saturated carbocycles. The molecule has 0 aliphatic carbocycles. The predicted octanol–water partition coefficient (Wildman–Crippen LogP) is 3.16. The maximum atomic E-state index is 13.1. The van der Waals surface area contributed by atoms with E-state index in [1.165, 1.54) is 12.1 Å².